The zero-order chi connectivity index (χ0) is 20.3. The smallest absolute Gasteiger partial charge is 0.417 e. The molecule has 0 aliphatic carbocycles. The summed E-state index contributed by atoms with van der Waals surface area (Å²) in [6.45, 7) is 3.42. The SMILES string of the molecule is COc1cc(CN2CCN(c3ccc(C(F)(F)F)cn3)CC2)cc(OC)c1O. The topological polar surface area (TPSA) is 58.1 Å². The summed E-state index contributed by atoms with van der Waals surface area (Å²) in [5.74, 6) is 1.21. The molecule has 28 heavy (non-hydrogen) atoms. The number of aromatic hydroxyl groups is 1. The van der Waals surface area contributed by atoms with Crippen molar-refractivity contribution < 1.29 is 27.8 Å². The van der Waals surface area contributed by atoms with Gasteiger partial charge in [-0.1, -0.05) is 0 Å². The van der Waals surface area contributed by atoms with Crippen LogP contribution in [0.2, 0.25) is 0 Å². The second-order valence-electron chi connectivity index (χ2n) is 6.51. The monoisotopic (exact) mass is 397 g/mol. The van der Waals surface area contributed by atoms with E-state index in [-0.39, 0.29) is 5.75 Å². The molecule has 2 aromatic rings. The Morgan fingerprint density at radius 2 is 1.64 bits per heavy atom. The molecule has 1 saturated heterocycles. The molecule has 1 fully saturated rings. The van der Waals surface area contributed by atoms with Crippen LogP contribution in [0.25, 0.3) is 0 Å². The van der Waals surface area contributed by atoms with Gasteiger partial charge < -0.3 is 19.5 Å². The molecule has 1 aliphatic rings. The van der Waals surface area contributed by atoms with Crippen molar-refractivity contribution in [3.8, 4) is 17.2 Å². The highest BCUT2D eigenvalue weighted by Crippen LogP contribution is 2.37. The largest absolute Gasteiger partial charge is 0.502 e. The molecule has 0 spiro atoms. The zero-order valence-electron chi connectivity index (χ0n) is 15.7. The molecule has 0 amide bonds. The summed E-state index contributed by atoms with van der Waals surface area (Å²) in [5.41, 5.74) is 0.192. The minimum atomic E-state index is -4.38. The quantitative estimate of drug-likeness (QED) is 0.837. The number of phenols is 1. The minimum absolute atomic E-state index is 0.0352. The number of piperazine rings is 1. The molecule has 1 N–H and O–H groups in total. The number of nitrogens with zero attached hydrogens (tertiary/aromatic N) is 3. The van der Waals surface area contributed by atoms with Gasteiger partial charge in [-0.25, -0.2) is 4.98 Å². The van der Waals surface area contributed by atoms with Gasteiger partial charge in [0.1, 0.15) is 5.82 Å². The Bertz CT molecular complexity index is 779. The van der Waals surface area contributed by atoms with Crippen molar-refractivity contribution in [2.24, 2.45) is 0 Å². The number of pyridine rings is 1. The summed E-state index contributed by atoms with van der Waals surface area (Å²) in [5, 5.41) is 10.0. The van der Waals surface area contributed by atoms with Gasteiger partial charge in [0.15, 0.2) is 11.5 Å². The summed E-state index contributed by atoms with van der Waals surface area (Å²) >= 11 is 0. The van der Waals surface area contributed by atoms with Crippen LogP contribution in [0.5, 0.6) is 17.2 Å². The molecule has 2 heterocycles. The zero-order valence-corrected chi connectivity index (χ0v) is 15.7. The normalized spacial score (nSPS) is 15.5. The van der Waals surface area contributed by atoms with Crippen molar-refractivity contribution in [2.75, 3.05) is 45.3 Å². The maximum Gasteiger partial charge on any atom is 0.417 e. The van der Waals surface area contributed by atoms with Crippen LogP contribution in [0.4, 0.5) is 19.0 Å². The lowest BCUT2D eigenvalue weighted by molar-refractivity contribution is -0.137. The number of halogens is 3. The van der Waals surface area contributed by atoms with E-state index in [1.165, 1.54) is 20.3 Å². The van der Waals surface area contributed by atoms with Gasteiger partial charge in [-0.2, -0.15) is 13.2 Å². The number of benzene rings is 1. The van der Waals surface area contributed by atoms with Gasteiger partial charge in [0, 0.05) is 38.9 Å². The second-order valence-corrected chi connectivity index (χ2v) is 6.51. The third-order valence-electron chi connectivity index (χ3n) is 4.72. The first-order valence-electron chi connectivity index (χ1n) is 8.76. The average molecular weight is 397 g/mol. The molecule has 3 rings (SSSR count). The standard InChI is InChI=1S/C19H22F3N3O3/c1-27-15-9-13(10-16(28-2)18(15)26)12-24-5-7-25(8-6-24)17-4-3-14(11-23-17)19(20,21)22/h3-4,9-11,26H,5-8,12H2,1-2H3. The fourth-order valence-electron chi connectivity index (χ4n) is 3.17. The van der Waals surface area contributed by atoms with Crippen LogP contribution in [-0.2, 0) is 12.7 Å². The van der Waals surface area contributed by atoms with E-state index in [1.54, 1.807) is 12.1 Å². The molecule has 1 aromatic heterocycles. The van der Waals surface area contributed by atoms with E-state index in [1.807, 2.05) is 4.90 Å². The molecule has 0 saturated carbocycles. The lowest BCUT2D eigenvalue weighted by Gasteiger charge is -2.35. The molecule has 0 unspecified atom stereocenters. The molecule has 0 bridgehead atoms. The Labute approximate surface area is 161 Å². The summed E-state index contributed by atoms with van der Waals surface area (Å²) in [6.07, 6.45) is -3.51. The van der Waals surface area contributed by atoms with Crippen molar-refractivity contribution in [3.05, 3.63) is 41.6 Å². The van der Waals surface area contributed by atoms with Gasteiger partial charge in [0.05, 0.1) is 19.8 Å². The molecule has 1 aliphatic heterocycles. The summed E-state index contributed by atoms with van der Waals surface area (Å²) in [4.78, 5) is 8.14. The van der Waals surface area contributed by atoms with E-state index in [0.717, 1.165) is 30.9 Å². The fraction of sp³-hybridized carbons (Fsp3) is 0.421. The Hall–Kier alpha value is -2.68. The third-order valence-corrected chi connectivity index (χ3v) is 4.72. The van der Waals surface area contributed by atoms with Gasteiger partial charge in [-0.15, -0.1) is 0 Å². The lowest BCUT2D eigenvalue weighted by atomic mass is 10.1. The third kappa shape index (κ3) is 4.41. The van der Waals surface area contributed by atoms with Crippen molar-refractivity contribution in [2.45, 2.75) is 12.7 Å². The Morgan fingerprint density at radius 3 is 2.11 bits per heavy atom. The maximum absolute atomic E-state index is 12.7. The molecule has 6 nitrogen and oxygen atoms in total. The summed E-state index contributed by atoms with van der Waals surface area (Å²) in [7, 11) is 2.96. The summed E-state index contributed by atoms with van der Waals surface area (Å²) < 4.78 is 48.3. The maximum atomic E-state index is 12.7. The molecule has 0 radical (unpaired) electrons. The molecule has 1 aromatic carbocycles. The van der Waals surface area contributed by atoms with Crippen LogP contribution in [0.15, 0.2) is 30.5 Å². The first-order valence-corrected chi connectivity index (χ1v) is 8.76. The van der Waals surface area contributed by atoms with Crippen molar-refractivity contribution in [1.82, 2.24) is 9.88 Å². The van der Waals surface area contributed by atoms with Crippen LogP contribution in [-0.4, -0.2) is 55.4 Å². The van der Waals surface area contributed by atoms with E-state index < -0.39 is 11.7 Å². The van der Waals surface area contributed by atoms with Gasteiger partial charge in [-0.05, 0) is 29.8 Å². The number of phenolic OH excluding ortho intramolecular Hbond substituents is 1. The van der Waals surface area contributed by atoms with Crippen LogP contribution in [0.3, 0.4) is 0 Å². The number of alkyl halides is 3. The van der Waals surface area contributed by atoms with Crippen LogP contribution in [0, 0.1) is 0 Å². The number of aromatic nitrogens is 1. The first-order chi connectivity index (χ1) is 13.3. The van der Waals surface area contributed by atoms with Crippen LogP contribution < -0.4 is 14.4 Å². The highest BCUT2D eigenvalue weighted by atomic mass is 19.4. The Balaban J connectivity index is 1.61. The predicted octanol–water partition coefficient (Wildman–Crippen LogP) is 3.15. The number of methoxy groups -OCH3 is 2. The number of hydrogen-bond acceptors (Lipinski definition) is 6. The van der Waals surface area contributed by atoms with Gasteiger partial charge in [-0.3, -0.25) is 4.90 Å². The summed E-state index contributed by atoms with van der Waals surface area (Å²) in [6, 6.07) is 6.00. The highest BCUT2D eigenvalue weighted by Gasteiger charge is 2.31. The highest BCUT2D eigenvalue weighted by molar-refractivity contribution is 5.52. The van der Waals surface area contributed by atoms with Gasteiger partial charge in [0.2, 0.25) is 5.75 Å². The Morgan fingerprint density at radius 1 is 1.04 bits per heavy atom. The molecular formula is C19H22F3N3O3. The average Bonchev–Trinajstić information content (AvgIpc) is 2.69. The first kappa shape index (κ1) is 20.1. The van der Waals surface area contributed by atoms with Crippen LogP contribution in [0.1, 0.15) is 11.1 Å². The molecule has 152 valence electrons. The predicted molar refractivity (Wildman–Crippen MR) is 97.9 cm³/mol. The van der Waals surface area contributed by atoms with E-state index in [9.17, 15) is 18.3 Å². The van der Waals surface area contributed by atoms with E-state index in [4.69, 9.17) is 9.47 Å². The van der Waals surface area contributed by atoms with Crippen molar-refractivity contribution in [3.63, 3.8) is 0 Å². The van der Waals surface area contributed by atoms with E-state index >= 15 is 0 Å². The van der Waals surface area contributed by atoms with Crippen molar-refractivity contribution in [1.29, 1.82) is 0 Å². The number of hydrogen-bond donors (Lipinski definition) is 1. The second kappa shape index (κ2) is 8.14. The Kier molecular flexibility index (Phi) is 5.83. The number of rotatable bonds is 5. The number of anilines is 1. The fourth-order valence-corrected chi connectivity index (χ4v) is 3.17. The van der Waals surface area contributed by atoms with E-state index in [2.05, 4.69) is 9.88 Å². The van der Waals surface area contributed by atoms with E-state index in [0.29, 0.717) is 37.0 Å². The lowest BCUT2D eigenvalue weighted by Crippen LogP contribution is -2.46. The molecule has 0 atom stereocenters. The van der Waals surface area contributed by atoms with Crippen molar-refractivity contribution >= 4 is 5.82 Å². The minimum Gasteiger partial charge on any atom is -0.502 e. The molecular weight excluding hydrogens is 375 g/mol. The number of ether oxygens (including phenoxy) is 2. The van der Waals surface area contributed by atoms with Gasteiger partial charge >= 0.3 is 6.18 Å². The van der Waals surface area contributed by atoms with Gasteiger partial charge in [0.25, 0.3) is 0 Å². The van der Waals surface area contributed by atoms with Crippen LogP contribution >= 0.6 is 0 Å². The molecule has 9 heteroatoms.